The van der Waals surface area contributed by atoms with Gasteiger partial charge in [-0.3, -0.25) is 0 Å². The summed E-state index contributed by atoms with van der Waals surface area (Å²) in [6.07, 6.45) is 5.16. The number of anilines is 2. The highest BCUT2D eigenvalue weighted by molar-refractivity contribution is 7.99. The van der Waals surface area contributed by atoms with Crippen molar-refractivity contribution >= 4 is 33.2 Å². The minimum absolute atomic E-state index is 0.115. The van der Waals surface area contributed by atoms with E-state index in [4.69, 9.17) is 12.2 Å². The molecule has 1 rings (SSSR count). The Morgan fingerprint density at radius 2 is 2.15 bits per heavy atom. The summed E-state index contributed by atoms with van der Waals surface area (Å²) in [5.41, 5.74) is 6.80. The largest absolute Gasteiger partial charge is 0.396 e. The van der Waals surface area contributed by atoms with Gasteiger partial charge in [0.15, 0.2) is 0 Å². The molecule has 0 aliphatic rings. The molecule has 0 heterocycles. The lowest BCUT2D eigenvalue weighted by Gasteiger charge is -2.16. The molecule has 7 heteroatoms. The molecule has 1 aromatic carbocycles. The molecule has 0 saturated heterocycles. The quantitative estimate of drug-likeness (QED) is 0.451. The number of hydrogen-bond donors (Lipinski definition) is 2. The zero-order valence-electron chi connectivity index (χ0n) is 11.6. The third-order valence-corrected chi connectivity index (χ3v) is 5.31. The van der Waals surface area contributed by atoms with Crippen LogP contribution in [0, 0.1) is 12.3 Å². The van der Waals surface area contributed by atoms with Crippen LogP contribution in [0.4, 0.5) is 11.4 Å². The van der Waals surface area contributed by atoms with Crippen LogP contribution in [0.1, 0.15) is 0 Å². The van der Waals surface area contributed by atoms with Crippen LogP contribution in [0.5, 0.6) is 0 Å². The molecule has 0 bridgehead atoms. The van der Waals surface area contributed by atoms with E-state index < -0.39 is 10.0 Å². The number of rotatable bonds is 7. The van der Waals surface area contributed by atoms with Crippen LogP contribution in [0.2, 0.25) is 0 Å². The fourth-order valence-electron chi connectivity index (χ4n) is 1.51. The van der Waals surface area contributed by atoms with E-state index >= 15 is 0 Å². The molecular weight excluding hydrogens is 294 g/mol. The first-order valence-electron chi connectivity index (χ1n) is 5.97. The smallest absolute Gasteiger partial charge is 0.244 e. The SMILES string of the molecule is C#CCSCCNc1cccc(S(=O)(=O)N(C)C)c1N. The van der Waals surface area contributed by atoms with Crippen molar-refractivity contribution in [2.45, 2.75) is 4.90 Å². The monoisotopic (exact) mass is 313 g/mol. The van der Waals surface area contributed by atoms with Gasteiger partial charge in [0.25, 0.3) is 0 Å². The van der Waals surface area contributed by atoms with Gasteiger partial charge in [0, 0.05) is 26.4 Å². The highest BCUT2D eigenvalue weighted by atomic mass is 32.2. The van der Waals surface area contributed by atoms with E-state index in [9.17, 15) is 8.42 Å². The predicted molar refractivity (Wildman–Crippen MR) is 86.4 cm³/mol. The van der Waals surface area contributed by atoms with E-state index in [1.807, 2.05) is 0 Å². The Morgan fingerprint density at radius 1 is 1.45 bits per heavy atom. The molecule has 0 aromatic heterocycles. The lowest BCUT2D eigenvalue weighted by atomic mass is 10.2. The Labute approximate surface area is 125 Å². The fraction of sp³-hybridized carbons (Fsp3) is 0.385. The molecule has 3 N–H and O–H groups in total. The maximum atomic E-state index is 12.1. The van der Waals surface area contributed by atoms with Crippen molar-refractivity contribution in [3.63, 3.8) is 0 Å². The second-order valence-corrected chi connectivity index (χ2v) is 7.41. The van der Waals surface area contributed by atoms with Gasteiger partial charge in [0.2, 0.25) is 10.0 Å². The zero-order valence-corrected chi connectivity index (χ0v) is 13.2. The number of benzene rings is 1. The molecule has 0 aliphatic heterocycles. The van der Waals surface area contributed by atoms with Crippen molar-refractivity contribution in [3.8, 4) is 12.3 Å². The number of terminal acetylenes is 1. The number of thioether (sulfide) groups is 1. The summed E-state index contributed by atoms with van der Waals surface area (Å²) < 4.78 is 25.4. The average molecular weight is 313 g/mol. The van der Waals surface area contributed by atoms with E-state index in [1.54, 1.807) is 23.9 Å². The van der Waals surface area contributed by atoms with Crippen LogP contribution in [0.15, 0.2) is 23.1 Å². The number of para-hydroxylation sites is 1. The van der Waals surface area contributed by atoms with Gasteiger partial charge in [-0.1, -0.05) is 12.0 Å². The second-order valence-electron chi connectivity index (χ2n) is 4.19. The Balaban J connectivity index is 2.84. The summed E-state index contributed by atoms with van der Waals surface area (Å²) in [7, 11) is -0.578. The van der Waals surface area contributed by atoms with Gasteiger partial charge in [0.05, 0.1) is 17.1 Å². The molecule has 5 nitrogen and oxygen atoms in total. The average Bonchev–Trinajstić information content (AvgIpc) is 2.39. The summed E-state index contributed by atoms with van der Waals surface area (Å²) in [6, 6.07) is 4.93. The maximum absolute atomic E-state index is 12.1. The topological polar surface area (TPSA) is 75.4 Å². The molecule has 0 amide bonds. The fourth-order valence-corrected chi connectivity index (χ4v) is 3.05. The molecule has 0 aliphatic carbocycles. The van der Waals surface area contributed by atoms with Crippen LogP contribution < -0.4 is 11.1 Å². The molecule has 0 spiro atoms. The highest BCUT2D eigenvalue weighted by Gasteiger charge is 2.21. The van der Waals surface area contributed by atoms with Crippen molar-refractivity contribution in [2.24, 2.45) is 0 Å². The van der Waals surface area contributed by atoms with Crippen molar-refractivity contribution in [1.29, 1.82) is 0 Å². The maximum Gasteiger partial charge on any atom is 0.244 e. The second kappa shape index (κ2) is 7.43. The Hall–Kier alpha value is -1.36. The van der Waals surface area contributed by atoms with E-state index in [0.29, 0.717) is 18.0 Å². The Morgan fingerprint density at radius 3 is 2.75 bits per heavy atom. The molecule has 0 atom stereocenters. The van der Waals surface area contributed by atoms with Crippen LogP contribution in [0.3, 0.4) is 0 Å². The first kappa shape index (κ1) is 16.7. The number of nitrogens with one attached hydrogen (secondary N) is 1. The van der Waals surface area contributed by atoms with Crippen molar-refractivity contribution in [2.75, 3.05) is 43.2 Å². The van der Waals surface area contributed by atoms with Crippen molar-refractivity contribution in [1.82, 2.24) is 4.31 Å². The zero-order chi connectivity index (χ0) is 15.2. The van der Waals surface area contributed by atoms with E-state index in [2.05, 4.69) is 11.2 Å². The van der Waals surface area contributed by atoms with Crippen molar-refractivity contribution in [3.05, 3.63) is 18.2 Å². The van der Waals surface area contributed by atoms with Crippen LogP contribution in [-0.4, -0.2) is 44.9 Å². The third-order valence-electron chi connectivity index (χ3n) is 2.57. The summed E-state index contributed by atoms with van der Waals surface area (Å²) in [5.74, 6) is 4.03. The summed E-state index contributed by atoms with van der Waals surface area (Å²) >= 11 is 1.63. The number of hydrogen-bond acceptors (Lipinski definition) is 5. The van der Waals surface area contributed by atoms with Gasteiger partial charge >= 0.3 is 0 Å². The molecule has 110 valence electrons. The van der Waals surface area contributed by atoms with E-state index in [1.165, 1.54) is 20.2 Å². The van der Waals surface area contributed by atoms with Gasteiger partial charge in [0.1, 0.15) is 4.90 Å². The number of nitrogens with two attached hydrogens (primary N) is 1. The van der Waals surface area contributed by atoms with Gasteiger partial charge in [-0.15, -0.1) is 18.2 Å². The number of sulfonamides is 1. The molecule has 0 unspecified atom stereocenters. The first-order valence-corrected chi connectivity index (χ1v) is 8.57. The summed E-state index contributed by atoms with van der Waals surface area (Å²) in [5, 5.41) is 3.13. The molecule has 20 heavy (non-hydrogen) atoms. The predicted octanol–water partition coefficient (Wildman–Crippen LogP) is 1.30. The lowest BCUT2D eigenvalue weighted by molar-refractivity contribution is 0.521. The van der Waals surface area contributed by atoms with Crippen LogP contribution in [-0.2, 0) is 10.0 Å². The molecule has 1 aromatic rings. The minimum atomic E-state index is -3.53. The molecule has 0 fully saturated rings. The number of nitrogens with zero attached hydrogens (tertiary/aromatic N) is 1. The third kappa shape index (κ3) is 4.07. The van der Waals surface area contributed by atoms with Crippen molar-refractivity contribution < 1.29 is 8.42 Å². The highest BCUT2D eigenvalue weighted by Crippen LogP contribution is 2.28. The number of nitrogen functional groups attached to an aromatic ring is 1. The van der Waals surface area contributed by atoms with Crippen LogP contribution in [0.25, 0.3) is 0 Å². The van der Waals surface area contributed by atoms with Gasteiger partial charge < -0.3 is 11.1 Å². The Kier molecular flexibility index (Phi) is 6.20. The summed E-state index contributed by atoms with van der Waals surface area (Å²) in [4.78, 5) is 0.115. The first-order chi connectivity index (χ1) is 9.41. The normalized spacial score (nSPS) is 11.3. The van der Waals surface area contributed by atoms with Gasteiger partial charge in [-0.2, -0.15) is 0 Å². The van der Waals surface area contributed by atoms with Crippen LogP contribution >= 0.6 is 11.8 Å². The van der Waals surface area contributed by atoms with E-state index in [-0.39, 0.29) is 10.6 Å². The molecule has 0 saturated carbocycles. The van der Waals surface area contributed by atoms with Gasteiger partial charge in [-0.05, 0) is 12.1 Å². The van der Waals surface area contributed by atoms with E-state index in [0.717, 1.165) is 10.1 Å². The standard InChI is InChI=1S/C13H19N3O2S2/c1-4-9-19-10-8-15-11-6-5-7-12(13(11)14)20(17,18)16(2)3/h1,5-7,15H,8-10,14H2,2-3H3. The minimum Gasteiger partial charge on any atom is -0.396 e. The molecular formula is C13H19N3O2S2. The Bertz CT molecular complexity index is 592. The summed E-state index contributed by atoms with van der Waals surface area (Å²) in [6.45, 7) is 0.669. The lowest BCUT2D eigenvalue weighted by Crippen LogP contribution is -2.23. The molecule has 0 radical (unpaired) electrons. The van der Waals surface area contributed by atoms with Gasteiger partial charge in [-0.25, -0.2) is 12.7 Å².